The van der Waals surface area contributed by atoms with E-state index in [-0.39, 0.29) is 0 Å². The molecule has 3 heteroatoms. The Balaban J connectivity index is 2.00. The molecule has 0 aliphatic carbocycles. The molecule has 1 heterocycles. The van der Waals surface area contributed by atoms with Gasteiger partial charge in [-0.15, -0.1) is 0 Å². The lowest BCUT2D eigenvalue weighted by Crippen LogP contribution is -2.28. The first-order valence-corrected chi connectivity index (χ1v) is 6.25. The van der Waals surface area contributed by atoms with Crippen LogP contribution in [0.4, 0.5) is 0 Å². The first-order chi connectivity index (χ1) is 7.25. The van der Waals surface area contributed by atoms with Crippen LogP contribution in [0.15, 0.2) is 22.7 Å². The number of phenolic OH excluding ortho intramolecular Hbond substituents is 1. The summed E-state index contributed by atoms with van der Waals surface area (Å²) in [7, 11) is 0. The van der Waals surface area contributed by atoms with Crippen molar-refractivity contribution in [3.63, 3.8) is 0 Å². The number of hydrogen-bond acceptors (Lipinski definition) is 2. The summed E-state index contributed by atoms with van der Waals surface area (Å²) in [5.41, 5.74) is 1.19. The molecule has 15 heavy (non-hydrogen) atoms. The molecule has 1 aromatic rings. The van der Waals surface area contributed by atoms with Gasteiger partial charge in [-0.3, -0.25) is 4.90 Å². The smallest absolute Gasteiger partial charge is 0.130 e. The lowest BCUT2D eigenvalue weighted by atomic mass is 10.1. The van der Waals surface area contributed by atoms with E-state index < -0.39 is 0 Å². The highest BCUT2D eigenvalue weighted by molar-refractivity contribution is 9.10. The van der Waals surface area contributed by atoms with Crippen molar-refractivity contribution in [3.8, 4) is 5.75 Å². The summed E-state index contributed by atoms with van der Waals surface area (Å²) in [5.74, 6) is 0.338. The van der Waals surface area contributed by atoms with Crippen LogP contribution in [0.1, 0.15) is 24.8 Å². The van der Waals surface area contributed by atoms with Gasteiger partial charge in [-0.25, -0.2) is 0 Å². The van der Waals surface area contributed by atoms with Gasteiger partial charge in [-0.05, 0) is 59.6 Å². The molecular weight excluding hydrogens is 254 g/mol. The molecule has 1 aromatic carbocycles. The Kier molecular flexibility index (Phi) is 3.65. The fourth-order valence-electron chi connectivity index (χ4n) is 2.03. The van der Waals surface area contributed by atoms with Crippen LogP contribution in [-0.2, 0) is 6.54 Å². The van der Waals surface area contributed by atoms with Gasteiger partial charge in [0.15, 0.2) is 0 Å². The summed E-state index contributed by atoms with van der Waals surface area (Å²) in [6.07, 6.45) is 3.98. The number of likely N-dealkylation sites (tertiary alicyclic amines) is 1. The molecule has 82 valence electrons. The summed E-state index contributed by atoms with van der Waals surface area (Å²) in [6.45, 7) is 3.34. The van der Waals surface area contributed by atoms with Gasteiger partial charge in [-0.2, -0.15) is 0 Å². The van der Waals surface area contributed by atoms with Crippen LogP contribution in [0.2, 0.25) is 0 Å². The first kappa shape index (κ1) is 11.0. The van der Waals surface area contributed by atoms with Crippen LogP contribution in [0, 0.1) is 0 Å². The Labute approximate surface area is 99.0 Å². The number of nitrogens with zero attached hydrogens (tertiary/aromatic N) is 1. The molecule has 0 spiro atoms. The van der Waals surface area contributed by atoms with E-state index in [2.05, 4.69) is 26.9 Å². The third kappa shape index (κ3) is 2.95. The molecule has 1 aliphatic rings. The van der Waals surface area contributed by atoms with Gasteiger partial charge in [0, 0.05) is 6.54 Å². The van der Waals surface area contributed by atoms with Gasteiger partial charge in [0.25, 0.3) is 0 Å². The Hall–Kier alpha value is -0.540. The fraction of sp³-hybridized carbons (Fsp3) is 0.500. The molecule has 0 unspecified atom stereocenters. The van der Waals surface area contributed by atoms with Crippen molar-refractivity contribution in [1.29, 1.82) is 0 Å². The van der Waals surface area contributed by atoms with Crippen LogP contribution in [0.3, 0.4) is 0 Å². The molecule has 0 aromatic heterocycles. The maximum atomic E-state index is 9.56. The number of piperidine rings is 1. The van der Waals surface area contributed by atoms with Crippen molar-refractivity contribution in [2.45, 2.75) is 25.8 Å². The van der Waals surface area contributed by atoms with E-state index in [1.807, 2.05) is 12.1 Å². The maximum Gasteiger partial charge on any atom is 0.130 e. The van der Waals surface area contributed by atoms with E-state index in [1.54, 1.807) is 0 Å². The highest BCUT2D eigenvalue weighted by atomic mass is 79.9. The Bertz CT molecular complexity index is 334. The van der Waals surface area contributed by atoms with E-state index in [4.69, 9.17) is 0 Å². The van der Waals surface area contributed by atoms with Crippen LogP contribution < -0.4 is 0 Å². The minimum absolute atomic E-state index is 0.338. The van der Waals surface area contributed by atoms with Crippen LogP contribution >= 0.6 is 15.9 Å². The number of halogens is 1. The molecule has 0 radical (unpaired) electrons. The standard InChI is InChI=1S/C12H16BrNO/c13-11-5-4-10(8-12(11)15)9-14-6-2-1-3-7-14/h4-5,8,15H,1-3,6-7,9H2. The molecule has 0 bridgehead atoms. The van der Waals surface area contributed by atoms with E-state index in [1.165, 1.54) is 37.9 Å². The third-order valence-electron chi connectivity index (χ3n) is 2.87. The van der Waals surface area contributed by atoms with Crippen molar-refractivity contribution < 1.29 is 5.11 Å². The molecule has 1 fully saturated rings. The molecule has 1 aliphatic heterocycles. The van der Waals surface area contributed by atoms with Gasteiger partial charge in [-0.1, -0.05) is 12.5 Å². The van der Waals surface area contributed by atoms with Crippen LogP contribution in [0.25, 0.3) is 0 Å². The number of hydrogen-bond donors (Lipinski definition) is 1. The largest absolute Gasteiger partial charge is 0.507 e. The molecule has 2 nitrogen and oxygen atoms in total. The molecule has 1 N–H and O–H groups in total. The molecular formula is C12H16BrNO. The van der Waals surface area contributed by atoms with Gasteiger partial charge >= 0.3 is 0 Å². The average molecular weight is 270 g/mol. The van der Waals surface area contributed by atoms with Gasteiger partial charge in [0.1, 0.15) is 5.75 Å². The molecule has 0 saturated carbocycles. The fourth-order valence-corrected chi connectivity index (χ4v) is 2.28. The van der Waals surface area contributed by atoms with Gasteiger partial charge in [0.2, 0.25) is 0 Å². The van der Waals surface area contributed by atoms with Crippen LogP contribution in [0.5, 0.6) is 5.75 Å². The summed E-state index contributed by atoms with van der Waals surface area (Å²) in [4.78, 5) is 2.45. The zero-order chi connectivity index (χ0) is 10.7. The normalized spacial score (nSPS) is 17.9. The summed E-state index contributed by atoms with van der Waals surface area (Å²) in [5, 5.41) is 9.56. The SMILES string of the molecule is Oc1cc(CN2CCCCC2)ccc1Br. The number of phenols is 1. The van der Waals surface area contributed by atoms with E-state index in [0.717, 1.165) is 11.0 Å². The second-order valence-electron chi connectivity index (χ2n) is 4.12. The predicted molar refractivity (Wildman–Crippen MR) is 64.9 cm³/mol. The number of benzene rings is 1. The van der Waals surface area contributed by atoms with Crippen molar-refractivity contribution in [2.24, 2.45) is 0 Å². The molecule has 1 saturated heterocycles. The van der Waals surface area contributed by atoms with Crippen molar-refractivity contribution in [2.75, 3.05) is 13.1 Å². The summed E-state index contributed by atoms with van der Waals surface area (Å²) >= 11 is 3.29. The minimum atomic E-state index is 0.338. The highest BCUT2D eigenvalue weighted by Gasteiger charge is 2.10. The molecule has 0 amide bonds. The summed E-state index contributed by atoms with van der Waals surface area (Å²) < 4.78 is 0.768. The third-order valence-corrected chi connectivity index (χ3v) is 3.54. The number of rotatable bonds is 2. The van der Waals surface area contributed by atoms with Gasteiger partial charge < -0.3 is 5.11 Å². The van der Waals surface area contributed by atoms with Crippen molar-refractivity contribution in [1.82, 2.24) is 4.90 Å². The van der Waals surface area contributed by atoms with E-state index in [9.17, 15) is 5.11 Å². The molecule has 0 atom stereocenters. The van der Waals surface area contributed by atoms with E-state index >= 15 is 0 Å². The zero-order valence-electron chi connectivity index (χ0n) is 8.75. The predicted octanol–water partition coefficient (Wildman–Crippen LogP) is 3.14. The Morgan fingerprint density at radius 1 is 1.20 bits per heavy atom. The number of aromatic hydroxyl groups is 1. The van der Waals surface area contributed by atoms with Crippen LogP contribution in [-0.4, -0.2) is 23.1 Å². The lowest BCUT2D eigenvalue weighted by Gasteiger charge is -2.26. The zero-order valence-corrected chi connectivity index (χ0v) is 10.3. The van der Waals surface area contributed by atoms with Crippen molar-refractivity contribution in [3.05, 3.63) is 28.2 Å². The Morgan fingerprint density at radius 3 is 2.60 bits per heavy atom. The monoisotopic (exact) mass is 269 g/mol. The highest BCUT2D eigenvalue weighted by Crippen LogP contribution is 2.25. The minimum Gasteiger partial charge on any atom is -0.507 e. The average Bonchev–Trinajstić information content (AvgIpc) is 2.25. The quantitative estimate of drug-likeness (QED) is 0.892. The lowest BCUT2D eigenvalue weighted by molar-refractivity contribution is 0.220. The first-order valence-electron chi connectivity index (χ1n) is 5.45. The molecule has 2 rings (SSSR count). The Morgan fingerprint density at radius 2 is 1.93 bits per heavy atom. The van der Waals surface area contributed by atoms with E-state index in [0.29, 0.717) is 5.75 Å². The van der Waals surface area contributed by atoms with Gasteiger partial charge in [0.05, 0.1) is 4.47 Å². The second kappa shape index (κ2) is 4.99. The topological polar surface area (TPSA) is 23.5 Å². The maximum absolute atomic E-state index is 9.56. The summed E-state index contributed by atoms with van der Waals surface area (Å²) in [6, 6.07) is 5.83. The second-order valence-corrected chi connectivity index (χ2v) is 4.98. The van der Waals surface area contributed by atoms with Crippen molar-refractivity contribution >= 4 is 15.9 Å².